The summed E-state index contributed by atoms with van der Waals surface area (Å²) in [6, 6.07) is 96.1. The first kappa shape index (κ1) is 47.8. The van der Waals surface area contributed by atoms with E-state index >= 15 is 0 Å². The molecule has 392 valence electrons. The van der Waals surface area contributed by atoms with Crippen LogP contribution in [0.25, 0.3) is 121 Å². The van der Waals surface area contributed by atoms with Crippen molar-refractivity contribution in [1.82, 2.24) is 23.3 Å². The summed E-state index contributed by atoms with van der Waals surface area (Å²) in [6.45, 7) is 2.08. The zero-order chi connectivity index (χ0) is 53.3. The normalized spacial score (nSPS) is 12.5. The van der Waals surface area contributed by atoms with E-state index in [1.807, 2.05) is 18.2 Å². The van der Waals surface area contributed by atoms with Crippen molar-refractivity contribution in [3.05, 3.63) is 274 Å². The molecule has 1 aliphatic heterocycles. The van der Waals surface area contributed by atoms with E-state index in [1.165, 1.54) is 32.3 Å². The van der Waals surface area contributed by atoms with Crippen LogP contribution in [0.3, 0.4) is 0 Å². The summed E-state index contributed by atoms with van der Waals surface area (Å²) in [5.41, 5.74) is 16.7. The molecule has 0 spiro atoms. The Morgan fingerprint density at radius 3 is 1.28 bits per heavy atom. The van der Waals surface area contributed by atoms with Crippen LogP contribution in [0, 0.1) is 18.8 Å². The van der Waals surface area contributed by atoms with Gasteiger partial charge in [0, 0.05) is 105 Å². The molecule has 5 aromatic heterocycles. The zero-order valence-electron chi connectivity index (χ0n) is 44.2. The fourth-order valence-electron chi connectivity index (χ4n) is 13.0. The topological polar surface area (TPSA) is 48.3 Å². The maximum atomic E-state index is 6.76. The van der Waals surface area contributed by atoms with E-state index in [-0.39, 0.29) is 21.1 Å². The Hall–Kier alpha value is -10.1. The predicted octanol–water partition coefficient (Wildman–Crippen LogP) is 18.2. The Balaban J connectivity index is 0.00000553. The second kappa shape index (κ2) is 18.7. The van der Waals surface area contributed by atoms with Gasteiger partial charge in [0.25, 0.3) is 0 Å². The standard InChI is InChI=1S/C73H46N7O.Pt/c1-75-46-76(67-37-17-16-36-66(67)75)47-20-18-21-48(42-47)81-49-40-41-57-56-28-8-15-35-65(56)80(70(57)43-49)72-44-71(79-63-33-13-6-26-54(63)55-27-7-14-34-64(55)79)58(45-74-72)73-68(77-59-29-9-2-22-50(59)51-23-3-10-30-60(51)77)38-19-39-69(73)78-61-31-11-4-24-52(61)53-25-5-12-32-62(53)78;/h2-41,44-46H,1H3;/q-3;. The molecular weight excluding hydrogens is 1190 g/mol. The number of nitrogens with zero attached hydrogens (tertiary/aromatic N) is 7. The number of para-hydroxylation sites is 9. The number of aromatic nitrogens is 5. The molecule has 0 N–H and O–H groups in total. The molecule has 8 nitrogen and oxygen atoms in total. The van der Waals surface area contributed by atoms with Crippen molar-refractivity contribution >= 4 is 104 Å². The molecule has 0 fully saturated rings. The first-order valence-electron chi connectivity index (χ1n) is 27.3. The molecule has 6 heterocycles. The van der Waals surface area contributed by atoms with Gasteiger partial charge in [-0.3, -0.25) is 0 Å². The number of hydrogen-bond acceptors (Lipinski definition) is 4. The second-order valence-electron chi connectivity index (χ2n) is 20.9. The van der Waals surface area contributed by atoms with Gasteiger partial charge in [-0.25, -0.2) is 4.98 Å². The fraction of sp³-hybridized carbons (Fsp3) is 0.0137. The predicted molar refractivity (Wildman–Crippen MR) is 333 cm³/mol. The van der Waals surface area contributed by atoms with Crippen LogP contribution in [-0.2, 0) is 21.1 Å². The molecule has 82 heavy (non-hydrogen) atoms. The van der Waals surface area contributed by atoms with Gasteiger partial charge in [0.1, 0.15) is 5.82 Å². The minimum Gasteiger partial charge on any atom is -0.509 e. The van der Waals surface area contributed by atoms with Crippen molar-refractivity contribution in [1.29, 1.82) is 0 Å². The van der Waals surface area contributed by atoms with Gasteiger partial charge in [0.2, 0.25) is 0 Å². The molecule has 9 heteroatoms. The molecule has 0 unspecified atom stereocenters. The number of benzene rings is 11. The minimum atomic E-state index is 0. The second-order valence-corrected chi connectivity index (χ2v) is 20.9. The molecule has 0 bridgehead atoms. The molecule has 0 radical (unpaired) electrons. The summed E-state index contributed by atoms with van der Waals surface area (Å²) in [5.74, 6) is 1.89. The van der Waals surface area contributed by atoms with Crippen LogP contribution in [0.15, 0.2) is 255 Å². The van der Waals surface area contributed by atoms with E-state index in [0.717, 1.165) is 106 Å². The van der Waals surface area contributed by atoms with Crippen molar-refractivity contribution in [2.45, 2.75) is 0 Å². The Bertz CT molecular complexity index is 4960. The van der Waals surface area contributed by atoms with E-state index in [0.29, 0.717) is 11.5 Å². The van der Waals surface area contributed by atoms with Gasteiger partial charge in [-0.2, -0.15) is 18.8 Å². The third kappa shape index (κ3) is 7.11. The van der Waals surface area contributed by atoms with Crippen LogP contribution in [0.4, 0.5) is 17.1 Å². The van der Waals surface area contributed by atoms with E-state index < -0.39 is 0 Å². The number of ether oxygens (including phenoxy) is 1. The minimum absolute atomic E-state index is 0. The summed E-state index contributed by atoms with van der Waals surface area (Å²) in [6.07, 6.45) is 2.12. The van der Waals surface area contributed by atoms with Gasteiger partial charge in [-0.05, 0) is 79.2 Å². The van der Waals surface area contributed by atoms with Crippen molar-refractivity contribution in [3.63, 3.8) is 0 Å². The average Bonchev–Trinajstić information content (AvgIpc) is 3.82. The Morgan fingerprint density at radius 2 is 0.768 bits per heavy atom. The maximum Gasteiger partial charge on any atom is 0.137 e. The van der Waals surface area contributed by atoms with E-state index in [2.05, 4.69) is 291 Å². The molecule has 0 saturated heterocycles. The molecule has 16 aromatic rings. The number of hydrogen-bond donors (Lipinski definition) is 0. The number of pyridine rings is 1. The Labute approximate surface area is 486 Å². The largest absolute Gasteiger partial charge is 0.509 e. The monoisotopic (exact) mass is 1230 g/mol. The Kier molecular flexibility index (Phi) is 10.9. The van der Waals surface area contributed by atoms with Crippen LogP contribution in [0.5, 0.6) is 11.5 Å². The molecule has 11 aromatic carbocycles. The summed E-state index contributed by atoms with van der Waals surface area (Å²) < 4.78 is 16.4. The third-order valence-electron chi connectivity index (χ3n) is 16.4. The van der Waals surface area contributed by atoms with Crippen LogP contribution in [0.2, 0.25) is 0 Å². The molecule has 0 saturated carbocycles. The van der Waals surface area contributed by atoms with Crippen molar-refractivity contribution < 1.29 is 25.8 Å². The summed E-state index contributed by atoms with van der Waals surface area (Å²) >= 11 is 0. The van der Waals surface area contributed by atoms with E-state index in [4.69, 9.17) is 9.72 Å². The first-order chi connectivity index (χ1) is 40.1. The summed E-state index contributed by atoms with van der Waals surface area (Å²) in [5, 5.41) is 9.23. The average molecular weight is 1230 g/mol. The van der Waals surface area contributed by atoms with Crippen LogP contribution >= 0.6 is 0 Å². The van der Waals surface area contributed by atoms with Crippen LogP contribution in [-0.4, -0.2) is 30.3 Å². The molecular formula is C73H46N7OPt-3. The van der Waals surface area contributed by atoms with E-state index in [1.54, 1.807) is 0 Å². The fourth-order valence-corrected chi connectivity index (χ4v) is 13.0. The quantitative estimate of drug-likeness (QED) is 0.142. The molecule has 0 aliphatic carbocycles. The first-order valence-corrected chi connectivity index (χ1v) is 27.3. The van der Waals surface area contributed by atoms with Gasteiger partial charge in [0.15, 0.2) is 0 Å². The Morgan fingerprint density at radius 1 is 0.366 bits per heavy atom. The molecule has 0 amide bonds. The molecule has 1 aliphatic rings. The summed E-state index contributed by atoms with van der Waals surface area (Å²) in [7, 11) is 2.06. The van der Waals surface area contributed by atoms with Gasteiger partial charge in [0.05, 0.1) is 50.2 Å². The van der Waals surface area contributed by atoms with Crippen molar-refractivity contribution in [3.8, 4) is 45.5 Å². The van der Waals surface area contributed by atoms with Gasteiger partial charge in [-0.15, -0.1) is 41.4 Å². The van der Waals surface area contributed by atoms with Crippen LogP contribution in [0.1, 0.15) is 0 Å². The van der Waals surface area contributed by atoms with Gasteiger partial charge in [-0.1, -0.05) is 151 Å². The smallest absolute Gasteiger partial charge is 0.137 e. The SMILES string of the molecule is CN1[CH-]N(c2[c-]c(Oc3[c-]c4c(cc3)c3ccccc3n4-c3cc(-n4c5ccccc5c5ccccc54)c(-c4c(-n5c6ccccc6c6ccccc65)cccc4-n4c5ccccc5c5ccccc54)cn3)ccc2)c2ccccc21.[Pt]. The third-order valence-corrected chi connectivity index (χ3v) is 16.4. The number of fused-ring (bicyclic) bond motifs is 13. The van der Waals surface area contributed by atoms with Crippen molar-refractivity contribution in [2.24, 2.45) is 0 Å². The maximum absolute atomic E-state index is 6.76. The molecule has 0 atom stereocenters. The number of anilines is 3. The molecule has 17 rings (SSSR count). The summed E-state index contributed by atoms with van der Waals surface area (Å²) in [4.78, 5) is 9.94. The van der Waals surface area contributed by atoms with Crippen molar-refractivity contribution in [2.75, 3.05) is 16.8 Å². The van der Waals surface area contributed by atoms with Gasteiger partial charge >= 0.3 is 0 Å². The zero-order valence-corrected chi connectivity index (χ0v) is 46.5. The van der Waals surface area contributed by atoms with Gasteiger partial charge < -0.3 is 32.8 Å². The van der Waals surface area contributed by atoms with Crippen LogP contribution < -0.4 is 14.5 Å². The van der Waals surface area contributed by atoms with E-state index in [9.17, 15) is 0 Å². The number of rotatable bonds is 8.